The van der Waals surface area contributed by atoms with Gasteiger partial charge in [0, 0.05) is 37.0 Å². The molecule has 1 aromatic heterocycles. The molecule has 0 aliphatic carbocycles. The summed E-state index contributed by atoms with van der Waals surface area (Å²) in [7, 11) is 0. The van der Waals surface area contributed by atoms with Gasteiger partial charge in [0.1, 0.15) is 5.76 Å². The van der Waals surface area contributed by atoms with Gasteiger partial charge in [-0.3, -0.25) is 4.79 Å². The van der Waals surface area contributed by atoms with Crippen LogP contribution in [0.1, 0.15) is 23.4 Å². The van der Waals surface area contributed by atoms with E-state index in [2.05, 4.69) is 15.4 Å². The molecule has 1 aromatic rings. The number of aryl methyl sites for hydroxylation is 2. The van der Waals surface area contributed by atoms with Crippen LogP contribution in [0.15, 0.2) is 16.4 Å². The van der Waals surface area contributed by atoms with Crippen LogP contribution in [0.3, 0.4) is 0 Å². The molecule has 7 heteroatoms. The second-order valence-corrected chi connectivity index (χ2v) is 5.03. The minimum absolute atomic E-state index is 0.0834. The van der Waals surface area contributed by atoms with Crippen molar-refractivity contribution in [3.8, 4) is 0 Å². The van der Waals surface area contributed by atoms with Crippen LogP contribution in [0, 0.1) is 13.8 Å². The highest BCUT2D eigenvalue weighted by atomic mass is 16.5. The number of aromatic nitrogens is 1. The molecule has 1 saturated heterocycles. The van der Waals surface area contributed by atoms with E-state index in [-0.39, 0.29) is 18.5 Å². The summed E-state index contributed by atoms with van der Waals surface area (Å²) in [6.07, 6.45) is 2.55. The minimum atomic E-state index is -0.333. The molecule has 2 aliphatic heterocycles. The van der Waals surface area contributed by atoms with Crippen molar-refractivity contribution in [1.29, 1.82) is 0 Å². The number of imide groups is 1. The van der Waals surface area contributed by atoms with Gasteiger partial charge in [0.25, 0.3) is 5.91 Å². The first kappa shape index (κ1) is 12.7. The lowest BCUT2D eigenvalue weighted by Gasteiger charge is -2.14. The average molecular weight is 276 g/mol. The number of nitrogens with zero attached hydrogens (tertiary/aromatic N) is 3. The maximum Gasteiger partial charge on any atom is 0.329 e. The molecule has 0 unspecified atom stereocenters. The summed E-state index contributed by atoms with van der Waals surface area (Å²) >= 11 is 0. The first-order valence-corrected chi connectivity index (χ1v) is 6.53. The molecule has 0 spiro atoms. The Balaban J connectivity index is 1.75. The highest BCUT2D eigenvalue weighted by Crippen LogP contribution is 2.24. The fourth-order valence-corrected chi connectivity index (χ4v) is 2.54. The van der Waals surface area contributed by atoms with E-state index in [1.165, 1.54) is 4.90 Å². The summed E-state index contributed by atoms with van der Waals surface area (Å²) in [5, 5.41) is 6.46. The molecule has 0 atom stereocenters. The molecule has 3 rings (SSSR count). The quantitative estimate of drug-likeness (QED) is 0.829. The molecule has 1 fully saturated rings. The third-order valence-corrected chi connectivity index (χ3v) is 3.66. The van der Waals surface area contributed by atoms with E-state index in [1.807, 2.05) is 20.0 Å². The Hall–Kier alpha value is -2.31. The Kier molecular flexibility index (Phi) is 2.96. The number of rotatable bonds is 3. The fourth-order valence-electron chi connectivity index (χ4n) is 2.54. The van der Waals surface area contributed by atoms with E-state index in [0.717, 1.165) is 29.3 Å². The molecular weight excluding hydrogens is 260 g/mol. The van der Waals surface area contributed by atoms with Crippen molar-refractivity contribution >= 4 is 11.9 Å². The molecule has 3 heterocycles. The van der Waals surface area contributed by atoms with Crippen LogP contribution >= 0.6 is 0 Å². The number of urea groups is 1. The van der Waals surface area contributed by atoms with E-state index in [4.69, 9.17) is 4.52 Å². The number of nitrogens with one attached hydrogen (secondary N) is 1. The molecule has 106 valence electrons. The Morgan fingerprint density at radius 2 is 2.20 bits per heavy atom. The Morgan fingerprint density at radius 1 is 1.40 bits per heavy atom. The molecule has 7 nitrogen and oxygen atoms in total. The van der Waals surface area contributed by atoms with E-state index in [0.29, 0.717) is 13.0 Å². The van der Waals surface area contributed by atoms with E-state index in [9.17, 15) is 9.59 Å². The van der Waals surface area contributed by atoms with Crippen molar-refractivity contribution in [3.05, 3.63) is 28.9 Å². The summed E-state index contributed by atoms with van der Waals surface area (Å²) in [5.74, 6) is 0.611. The standard InChI is InChI=1S/C13H16N4O3/c1-8-11(9(2)20-15-8)7-16-4-3-10(6-16)17-12(18)5-14-13(17)19/h6H,3-5,7H2,1-2H3,(H,14,19). The molecule has 2 aliphatic rings. The third kappa shape index (κ3) is 2.04. The maximum absolute atomic E-state index is 11.7. The third-order valence-electron chi connectivity index (χ3n) is 3.66. The average Bonchev–Trinajstić information content (AvgIpc) is 3.07. The normalized spacial score (nSPS) is 18.8. The molecule has 20 heavy (non-hydrogen) atoms. The lowest BCUT2D eigenvalue weighted by molar-refractivity contribution is -0.123. The van der Waals surface area contributed by atoms with Gasteiger partial charge in [-0.1, -0.05) is 5.16 Å². The molecule has 0 bridgehead atoms. The van der Waals surface area contributed by atoms with E-state index in [1.54, 1.807) is 0 Å². The van der Waals surface area contributed by atoms with Gasteiger partial charge >= 0.3 is 6.03 Å². The predicted molar refractivity (Wildman–Crippen MR) is 69.3 cm³/mol. The summed E-state index contributed by atoms with van der Waals surface area (Å²) in [6.45, 7) is 5.32. The van der Waals surface area contributed by atoms with Crippen LogP contribution in [0.25, 0.3) is 0 Å². The highest BCUT2D eigenvalue weighted by molar-refractivity contribution is 6.03. The number of carbonyl (C=O) groups is 2. The van der Waals surface area contributed by atoms with Gasteiger partial charge in [-0.05, 0) is 13.8 Å². The van der Waals surface area contributed by atoms with Gasteiger partial charge in [0.2, 0.25) is 0 Å². The van der Waals surface area contributed by atoms with Crippen molar-refractivity contribution in [2.24, 2.45) is 0 Å². The van der Waals surface area contributed by atoms with Crippen molar-refractivity contribution in [3.63, 3.8) is 0 Å². The first-order valence-electron chi connectivity index (χ1n) is 6.53. The molecular formula is C13H16N4O3. The Morgan fingerprint density at radius 3 is 2.80 bits per heavy atom. The molecule has 0 aromatic carbocycles. The lowest BCUT2D eigenvalue weighted by Crippen LogP contribution is -2.29. The summed E-state index contributed by atoms with van der Waals surface area (Å²) in [6, 6.07) is -0.333. The van der Waals surface area contributed by atoms with Crippen molar-refractivity contribution < 1.29 is 14.1 Å². The predicted octanol–water partition coefficient (Wildman–Crippen LogP) is 0.890. The fraction of sp³-hybridized carbons (Fsp3) is 0.462. The van der Waals surface area contributed by atoms with E-state index >= 15 is 0 Å². The Labute approximate surface area is 116 Å². The van der Waals surface area contributed by atoms with Crippen LogP contribution in [-0.4, -0.2) is 40.0 Å². The van der Waals surface area contributed by atoms with Gasteiger partial charge < -0.3 is 14.7 Å². The monoisotopic (exact) mass is 276 g/mol. The van der Waals surface area contributed by atoms with Crippen molar-refractivity contribution in [2.45, 2.75) is 26.8 Å². The topological polar surface area (TPSA) is 78.7 Å². The summed E-state index contributed by atoms with van der Waals surface area (Å²) in [5.41, 5.74) is 2.68. The zero-order chi connectivity index (χ0) is 14.3. The van der Waals surface area contributed by atoms with Gasteiger partial charge in [0.05, 0.1) is 12.2 Å². The number of carbonyl (C=O) groups excluding carboxylic acids is 2. The smallest absolute Gasteiger partial charge is 0.329 e. The molecule has 3 amide bonds. The van der Waals surface area contributed by atoms with Gasteiger partial charge in [0.15, 0.2) is 0 Å². The lowest BCUT2D eigenvalue weighted by atomic mass is 10.2. The van der Waals surface area contributed by atoms with Gasteiger partial charge in [-0.2, -0.15) is 0 Å². The van der Waals surface area contributed by atoms with E-state index < -0.39 is 0 Å². The SMILES string of the molecule is Cc1noc(C)c1CN1C=C(N2C(=O)CNC2=O)CC1. The summed E-state index contributed by atoms with van der Waals surface area (Å²) in [4.78, 5) is 26.6. The van der Waals surface area contributed by atoms with Crippen molar-refractivity contribution in [1.82, 2.24) is 20.3 Å². The zero-order valence-corrected chi connectivity index (χ0v) is 11.5. The first-order chi connectivity index (χ1) is 9.56. The van der Waals surface area contributed by atoms with Crippen LogP contribution in [0.4, 0.5) is 4.79 Å². The summed E-state index contributed by atoms with van der Waals surface area (Å²) < 4.78 is 5.14. The largest absolute Gasteiger partial charge is 0.371 e. The number of hydrogen-bond donors (Lipinski definition) is 1. The van der Waals surface area contributed by atoms with Crippen molar-refractivity contribution in [2.75, 3.05) is 13.1 Å². The van der Waals surface area contributed by atoms with Crippen LogP contribution in [-0.2, 0) is 11.3 Å². The molecule has 1 N–H and O–H groups in total. The van der Waals surface area contributed by atoms with Crippen LogP contribution in [0.5, 0.6) is 0 Å². The van der Waals surface area contributed by atoms with Crippen LogP contribution in [0.2, 0.25) is 0 Å². The minimum Gasteiger partial charge on any atom is -0.371 e. The second-order valence-electron chi connectivity index (χ2n) is 5.03. The van der Waals surface area contributed by atoms with Crippen LogP contribution < -0.4 is 5.32 Å². The second kappa shape index (κ2) is 4.66. The highest BCUT2D eigenvalue weighted by Gasteiger charge is 2.33. The molecule has 0 radical (unpaired) electrons. The Bertz CT molecular complexity index is 569. The maximum atomic E-state index is 11.7. The van der Waals surface area contributed by atoms with Gasteiger partial charge in [-0.15, -0.1) is 0 Å². The molecule has 0 saturated carbocycles. The number of amides is 3. The van der Waals surface area contributed by atoms with Gasteiger partial charge in [-0.25, -0.2) is 9.69 Å². The number of hydrogen-bond acceptors (Lipinski definition) is 5. The zero-order valence-electron chi connectivity index (χ0n) is 11.5.